The van der Waals surface area contributed by atoms with Crippen molar-refractivity contribution in [1.82, 2.24) is 4.98 Å². The number of aromatic nitrogens is 1. The SMILES string of the molecule is NC(=O)CN(CC(N)=O)c1ccc2cnccc2c1N. The Morgan fingerprint density at radius 3 is 2.35 bits per heavy atom. The van der Waals surface area contributed by atoms with Gasteiger partial charge in [-0.05, 0) is 12.1 Å². The molecule has 0 bridgehead atoms. The van der Waals surface area contributed by atoms with Gasteiger partial charge in [-0.25, -0.2) is 0 Å². The van der Waals surface area contributed by atoms with Crippen molar-refractivity contribution in [2.45, 2.75) is 0 Å². The van der Waals surface area contributed by atoms with Crippen LogP contribution in [0, 0.1) is 0 Å². The number of amides is 2. The van der Waals surface area contributed by atoms with Crippen LogP contribution in [0.5, 0.6) is 0 Å². The highest BCUT2D eigenvalue weighted by Gasteiger charge is 2.16. The molecule has 1 aromatic heterocycles. The smallest absolute Gasteiger partial charge is 0.236 e. The van der Waals surface area contributed by atoms with Crippen molar-refractivity contribution in [3.63, 3.8) is 0 Å². The molecule has 0 radical (unpaired) electrons. The first-order valence-electron chi connectivity index (χ1n) is 5.93. The van der Waals surface area contributed by atoms with E-state index in [0.29, 0.717) is 11.4 Å². The number of nitrogens with two attached hydrogens (primary N) is 3. The molecule has 0 atom stereocenters. The third-order valence-corrected chi connectivity index (χ3v) is 2.87. The van der Waals surface area contributed by atoms with Crippen LogP contribution in [-0.2, 0) is 9.59 Å². The third-order valence-electron chi connectivity index (χ3n) is 2.87. The van der Waals surface area contributed by atoms with Crippen LogP contribution >= 0.6 is 0 Å². The minimum absolute atomic E-state index is 0.135. The quantitative estimate of drug-likeness (QED) is 0.638. The van der Waals surface area contributed by atoms with E-state index in [-0.39, 0.29) is 13.1 Å². The van der Waals surface area contributed by atoms with Gasteiger partial charge in [-0.1, -0.05) is 6.07 Å². The maximum atomic E-state index is 11.1. The molecule has 2 amide bonds. The lowest BCUT2D eigenvalue weighted by Gasteiger charge is -2.24. The highest BCUT2D eigenvalue weighted by Crippen LogP contribution is 2.30. The van der Waals surface area contributed by atoms with E-state index in [1.807, 2.05) is 6.07 Å². The van der Waals surface area contributed by atoms with Crippen molar-refractivity contribution in [2.75, 3.05) is 23.7 Å². The van der Waals surface area contributed by atoms with Gasteiger partial charge in [0.2, 0.25) is 11.8 Å². The number of benzene rings is 1. The molecule has 0 aliphatic carbocycles. The number of carbonyl (C=O) groups excluding carboxylic acids is 2. The number of anilines is 2. The van der Waals surface area contributed by atoms with Crippen LogP contribution in [0.15, 0.2) is 30.6 Å². The Kier molecular flexibility index (Phi) is 3.69. The van der Waals surface area contributed by atoms with Crippen LogP contribution in [0.3, 0.4) is 0 Å². The normalized spacial score (nSPS) is 10.4. The Hall–Kier alpha value is -2.83. The van der Waals surface area contributed by atoms with Crippen molar-refractivity contribution in [3.05, 3.63) is 30.6 Å². The van der Waals surface area contributed by atoms with Gasteiger partial charge in [0, 0.05) is 23.2 Å². The molecule has 7 heteroatoms. The van der Waals surface area contributed by atoms with Crippen LogP contribution in [-0.4, -0.2) is 29.9 Å². The van der Waals surface area contributed by atoms with Gasteiger partial charge in [0.15, 0.2) is 0 Å². The number of rotatable bonds is 5. The standard InChI is InChI=1S/C13H15N5O2/c14-11(19)6-18(7-12(15)20)10-2-1-8-5-17-4-3-9(8)13(10)16/h1-5H,6-7,16H2,(H2,14,19)(H2,15,20). The molecular formula is C13H15N5O2. The first-order valence-corrected chi connectivity index (χ1v) is 5.93. The minimum atomic E-state index is -0.569. The number of hydrogen-bond donors (Lipinski definition) is 3. The van der Waals surface area contributed by atoms with Gasteiger partial charge < -0.3 is 22.1 Å². The van der Waals surface area contributed by atoms with Crippen LogP contribution < -0.4 is 22.1 Å². The van der Waals surface area contributed by atoms with Gasteiger partial charge in [0.1, 0.15) is 0 Å². The molecule has 0 aliphatic rings. The molecule has 0 spiro atoms. The maximum absolute atomic E-state index is 11.1. The Morgan fingerprint density at radius 1 is 1.10 bits per heavy atom. The van der Waals surface area contributed by atoms with Gasteiger partial charge in [-0.2, -0.15) is 0 Å². The topological polar surface area (TPSA) is 128 Å². The van der Waals surface area contributed by atoms with Crippen molar-refractivity contribution >= 4 is 34.0 Å². The lowest BCUT2D eigenvalue weighted by atomic mass is 10.1. The zero-order valence-electron chi connectivity index (χ0n) is 10.7. The summed E-state index contributed by atoms with van der Waals surface area (Å²) >= 11 is 0. The number of nitrogen functional groups attached to an aromatic ring is 1. The van der Waals surface area contributed by atoms with E-state index in [0.717, 1.165) is 10.8 Å². The molecule has 7 nitrogen and oxygen atoms in total. The summed E-state index contributed by atoms with van der Waals surface area (Å²) < 4.78 is 0. The number of primary amides is 2. The van der Waals surface area contributed by atoms with Crippen molar-refractivity contribution in [1.29, 1.82) is 0 Å². The molecule has 20 heavy (non-hydrogen) atoms. The maximum Gasteiger partial charge on any atom is 0.236 e. The fourth-order valence-corrected chi connectivity index (χ4v) is 2.06. The lowest BCUT2D eigenvalue weighted by Crippen LogP contribution is -2.40. The van der Waals surface area contributed by atoms with Crippen molar-refractivity contribution in [2.24, 2.45) is 11.5 Å². The molecule has 0 fully saturated rings. The first-order chi connectivity index (χ1) is 9.49. The second-order valence-corrected chi connectivity index (χ2v) is 4.38. The molecule has 1 aromatic carbocycles. The molecule has 0 saturated heterocycles. The Labute approximate surface area is 115 Å². The average Bonchev–Trinajstić information content (AvgIpc) is 2.37. The summed E-state index contributed by atoms with van der Waals surface area (Å²) in [5.74, 6) is -1.14. The van der Waals surface area contributed by atoms with Crippen LogP contribution in [0.4, 0.5) is 11.4 Å². The molecule has 6 N–H and O–H groups in total. The summed E-state index contributed by atoms with van der Waals surface area (Å²) in [5, 5.41) is 1.66. The summed E-state index contributed by atoms with van der Waals surface area (Å²) in [6.45, 7) is -0.270. The fourth-order valence-electron chi connectivity index (χ4n) is 2.06. The average molecular weight is 273 g/mol. The number of hydrogen-bond acceptors (Lipinski definition) is 5. The molecule has 104 valence electrons. The second kappa shape index (κ2) is 5.43. The van der Waals surface area contributed by atoms with E-state index in [1.54, 1.807) is 24.5 Å². The van der Waals surface area contributed by atoms with E-state index >= 15 is 0 Å². The van der Waals surface area contributed by atoms with Crippen molar-refractivity contribution < 1.29 is 9.59 Å². The van der Waals surface area contributed by atoms with E-state index in [9.17, 15) is 9.59 Å². The molecule has 1 heterocycles. The molecule has 0 aliphatic heterocycles. The summed E-state index contributed by atoms with van der Waals surface area (Å²) in [6, 6.07) is 5.29. The monoisotopic (exact) mass is 273 g/mol. The van der Waals surface area contributed by atoms with E-state index in [2.05, 4.69) is 4.98 Å². The van der Waals surface area contributed by atoms with Gasteiger partial charge in [-0.15, -0.1) is 0 Å². The Morgan fingerprint density at radius 2 is 1.75 bits per heavy atom. The van der Waals surface area contributed by atoms with Gasteiger partial charge >= 0.3 is 0 Å². The highest BCUT2D eigenvalue weighted by atomic mass is 16.2. The molecule has 0 unspecified atom stereocenters. The number of nitrogens with zero attached hydrogens (tertiary/aromatic N) is 2. The van der Waals surface area contributed by atoms with E-state index in [4.69, 9.17) is 17.2 Å². The zero-order valence-corrected chi connectivity index (χ0v) is 10.7. The Balaban J connectivity index is 2.49. The Bertz CT molecular complexity index is 655. The third kappa shape index (κ3) is 2.77. The summed E-state index contributed by atoms with van der Waals surface area (Å²) in [5.41, 5.74) is 17.5. The fraction of sp³-hybridized carbons (Fsp3) is 0.154. The molecular weight excluding hydrogens is 258 g/mol. The predicted octanol–water partition coefficient (Wildman–Crippen LogP) is -0.406. The number of pyridine rings is 1. The second-order valence-electron chi connectivity index (χ2n) is 4.38. The lowest BCUT2D eigenvalue weighted by molar-refractivity contribution is -0.117. The summed E-state index contributed by atoms with van der Waals surface area (Å²) in [7, 11) is 0. The van der Waals surface area contributed by atoms with Crippen molar-refractivity contribution in [3.8, 4) is 0 Å². The van der Waals surface area contributed by atoms with Gasteiger partial charge in [0.05, 0.1) is 24.5 Å². The minimum Gasteiger partial charge on any atom is -0.397 e. The molecule has 2 rings (SSSR count). The molecule has 0 saturated carbocycles. The largest absolute Gasteiger partial charge is 0.397 e. The summed E-state index contributed by atoms with van der Waals surface area (Å²) in [6.07, 6.45) is 3.30. The van der Waals surface area contributed by atoms with E-state index < -0.39 is 11.8 Å². The first kappa shape index (κ1) is 13.6. The number of fused-ring (bicyclic) bond motifs is 1. The van der Waals surface area contributed by atoms with Crippen LogP contribution in [0.1, 0.15) is 0 Å². The van der Waals surface area contributed by atoms with E-state index in [1.165, 1.54) is 4.90 Å². The van der Waals surface area contributed by atoms with Crippen LogP contribution in [0.2, 0.25) is 0 Å². The predicted molar refractivity (Wildman–Crippen MR) is 76.8 cm³/mol. The van der Waals surface area contributed by atoms with Gasteiger partial charge in [-0.3, -0.25) is 14.6 Å². The molecule has 2 aromatic rings. The number of carbonyl (C=O) groups is 2. The highest BCUT2D eigenvalue weighted by molar-refractivity contribution is 6.00. The van der Waals surface area contributed by atoms with Crippen LogP contribution in [0.25, 0.3) is 10.8 Å². The zero-order chi connectivity index (χ0) is 14.7. The van der Waals surface area contributed by atoms with Gasteiger partial charge in [0.25, 0.3) is 0 Å². The summed E-state index contributed by atoms with van der Waals surface area (Å²) in [4.78, 5) is 27.7.